The Hall–Kier alpha value is -0.410. The third-order valence-corrected chi connectivity index (χ3v) is 0.596. The van der Waals surface area contributed by atoms with Crippen molar-refractivity contribution in [3.63, 3.8) is 0 Å². The maximum absolute atomic E-state index is 9.05. The summed E-state index contributed by atoms with van der Waals surface area (Å²) in [5.74, 6) is 0. The number of nitrogens with one attached hydrogen (secondary N) is 1. The first-order valence-electron chi connectivity index (χ1n) is 3.17. The molecular formula is C6H16N2O. The number of hydrogen-bond donors (Lipinski definition) is 2. The van der Waals surface area contributed by atoms with Crippen LogP contribution in [0.4, 0.5) is 0 Å². The van der Waals surface area contributed by atoms with Crippen LogP contribution in [0.15, 0.2) is 0 Å². The first-order valence-corrected chi connectivity index (χ1v) is 3.17. The largest absolute Gasteiger partial charge is 0.324 e. The highest BCUT2D eigenvalue weighted by Gasteiger charge is 1.62. The van der Waals surface area contributed by atoms with Crippen molar-refractivity contribution >= 4 is 6.29 Å². The van der Waals surface area contributed by atoms with Crippen LogP contribution in [0.2, 0.25) is 0 Å². The quantitative estimate of drug-likeness (QED) is 0.521. The van der Waals surface area contributed by atoms with E-state index >= 15 is 0 Å². The van der Waals surface area contributed by atoms with Crippen molar-refractivity contribution in [1.82, 2.24) is 5.32 Å². The average Bonchev–Trinajstić information content (AvgIpc) is 1.91. The van der Waals surface area contributed by atoms with E-state index in [0.29, 0.717) is 6.29 Å². The number of rotatable bonds is 3. The van der Waals surface area contributed by atoms with E-state index in [4.69, 9.17) is 4.79 Å². The molecule has 56 valence electrons. The molecule has 9 heavy (non-hydrogen) atoms. The predicted molar refractivity (Wildman–Crippen MR) is 39.3 cm³/mol. The van der Waals surface area contributed by atoms with Gasteiger partial charge in [-0.1, -0.05) is 13.8 Å². The smallest absolute Gasteiger partial charge is 0.133 e. The van der Waals surface area contributed by atoms with Crippen LogP contribution in [0.25, 0.3) is 0 Å². The molecule has 0 aliphatic carbocycles. The Morgan fingerprint density at radius 3 is 1.78 bits per heavy atom. The highest BCUT2D eigenvalue weighted by Crippen LogP contribution is 1.47. The lowest BCUT2D eigenvalue weighted by molar-refractivity contribution is -0.106. The number of nitrogens with two attached hydrogens (primary N) is 1. The molecule has 0 saturated heterocycles. The third-order valence-electron chi connectivity index (χ3n) is 0.596. The standard InChI is InChI=1S/C4H11N.C2H5NO/c1-3-5-4-2;3-1-2-4/h5H,3-4H2,1-2H3;2H,1,3H2. The van der Waals surface area contributed by atoms with Crippen molar-refractivity contribution < 1.29 is 4.79 Å². The summed E-state index contributed by atoms with van der Waals surface area (Å²) < 4.78 is 0. The van der Waals surface area contributed by atoms with Gasteiger partial charge in [-0.2, -0.15) is 0 Å². The van der Waals surface area contributed by atoms with Gasteiger partial charge < -0.3 is 15.8 Å². The molecule has 0 radical (unpaired) electrons. The van der Waals surface area contributed by atoms with E-state index in [-0.39, 0.29) is 6.54 Å². The monoisotopic (exact) mass is 132 g/mol. The molecule has 0 fully saturated rings. The summed E-state index contributed by atoms with van der Waals surface area (Å²) in [5.41, 5.74) is 4.66. The minimum Gasteiger partial charge on any atom is -0.324 e. The summed E-state index contributed by atoms with van der Waals surface area (Å²) in [6, 6.07) is 0. The fourth-order valence-corrected chi connectivity index (χ4v) is 0.250. The number of carbonyl (C=O) groups excluding carboxylic acids is 1. The van der Waals surface area contributed by atoms with Gasteiger partial charge in [0.25, 0.3) is 0 Å². The van der Waals surface area contributed by atoms with Crippen molar-refractivity contribution in [2.45, 2.75) is 13.8 Å². The molecule has 3 heteroatoms. The van der Waals surface area contributed by atoms with Crippen molar-refractivity contribution in [3.8, 4) is 0 Å². The van der Waals surface area contributed by atoms with Gasteiger partial charge in [-0.3, -0.25) is 0 Å². The van der Waals surface area contributed by atoms with Crippen molar-refractivity contribution in [3.05, 3.63) is 0 Å². The first kappa shape index (κ1) is 11.4. The Labute approximate surface area is 56.6 Å². The third kappa shape index (κ3) is 35.4. The summed E-state index contributed by atoms with van der Waals surface area (Å²) >= 11 is 0. The Bertz CT molecular complexity index is 46.3. The highest BCUT2D eigenvalue weighted by atomic mass is 16.1. The van der Waals surface area contributed by atoms with E-state index in [1.807, 2.05) is 0 Å². The van der Waals surface area contributed by atoms with Gasteiger partial charge in [0.2, 0.25) is 0 Å². The van der Waals surface area contributed by atoms with Crippen molar-refractivity contribution in [2.75, 3.05) is 19.6 Å². The number of hydrogen-bond acceptors (Lipinski definition) is 3. The summed E-state index contributed by atoms with van der Waals surface area (Å²) in [6.07, 6.45) is 0.653. The SMILES string of the molecule is CCNCC.NCC=O. The Morgan fingerprint density at radius 2 is 1.78 bits per heavy atom. The lowest BCUT2D eigenvalue weighted by Gasteiger charge is -1.86. The van der Waals surface area contributed by atoms with Gasteiger partial charge in [-0.25, -0.2) is 0 Å². The van der Waals surface area contributed by atoms with Crippen molar-refractivity contribution in [1.29, 1.82) is 0 Å². The van der Waals surface area contributed by atoms with E-state index in [9.17, 15) is 0 Å². The molecule has 3 nitrogen and oxygen atoms in total. The minimum atomic E-state index is 0.139. The molecule has 0 unspecified atom stereocenters. The van der Waals surface area contributed by atoms with Gasteiger partial charge in [0.1, 0.15) is 6.29 Å². The second-order valence-corrected chi connectivity index (χ2v) is 1.36. The van der Waals surface area contributed by atoms with E-state index in [1.165, 1.54) is 0 Å². The molecular weight excluding hydrogens is 116 g/mol. The topological polar surface area (TPSA) is 55.1 Å². The average molecular weight is 132 g/mol. The molecule has 0 aromatic heterocycles. The Morgan fingerprint density at radius 1 is 1.44 bits per heavy atom. The molecule has 0 spiro atoms. The van der Waals surface area contributed by atoms with Crippen LogP contribution in [-0.4, -0.2) is 25.9 Å². The van der Waals surface area contributed by atoms with E-state index in [0.717, 1.165) is 13.1 Å². The van der Waals surface area contributed by atoms with E-state index < -0.39 is 0 Å². The van der Waals surface area contributed by atoms with Crippen LogP contribution in [0.1, 0.15) is 13.8 Å². The van der Waals surface area contributed by atoms with Gasteiger partial charge in [-0.05, 0) is 13.1 Å². The van der Waals surface area contributed by atoms with Gasteiger partial charge in [-0.15, -0.1) is 0 Å². The molecule has 0 aromatic carbocycles. The zero-order valence-electron chi connectivity index (χ0n) is 6.18. The maximum atomic E-state index is 9.05. The molecule has 0 heterocycles. The molecule has 3 N–H and O–H groups in total. The molecule has 0 aromatic rings. The lowest BCUT2D eigenvalue weighted by atomic mass is 10.7. The fourth-order valence-electron chi connectivity index (χ4n) is 0.250. The van der Waals surface area contributed by atoms with Crippen LogP contribution in [0.5, 0.6) is 0 Å². The Kier molecular flexibility index (Phi) is 19.8. The van der Waals surface area contributed by atoms with Crippen molar-refractivity contribution in [2.24, 2.45) is 5.73 Å². The summed E-state index contributed by atoms with van der Waals surface area (Å²) in [4.78, 5) is 9.05. The summed E-state index contributed by atoms with van der Waals surface area (Å²) in [5, 5.41) is 3.11. The minimum absolute atomic E-state index is 0.139. The molecule has 0 rings (SSSR count). The van der Waals surface area contributed by atoms with Gasteiger partial charge in [0.05, 0.1) is 0 Å². The second kappa shape index (κ2) is 15.6. The molecule has 0 bridgehead atoms. The van der Waals surface area contributed by atoms with Crippen LogP contribution in [-0.2, 0) is 4.79 Å². The van der Waals surface area contributed by atoms with Crippen LogP contribution in [0.3, 0.4) is 0 Å². The molecule has 0 amide bonds. The molecule has 0 atom stereocenters. The molecule has 0 aliphatic rings. The summed E-state index contributed by atoms with van der Waals surface area (Å²) in [6.45, 7) is 6.53. The zero-order chi connectivity index (χ0) is 7.54. The second-order valence-electron chi connectivity index (χ2n) is 1.36. The number of aldehydes is 1. The van der Waals surface area contributed by atoms with E-state index in [1.54, 1.807) is 0 Å². The summed E-state index contributed by atoms with van der Waals surface area (Å²) in [7, 11) is 0. The zero-order valence-corrected chi connectivity index (χ0v) is 6.18. The van der Waals surface area contributed by atoms with Gasteiger partial charge in [0, 0.05) is 6.54 Å². The predicted octanol–water partition coefficient (Wildman–Crippen LogP) is -0.240. The molecule has 0 saturated carbocycles. The van der Waals surface area contributed by atoms with Crippen LogP contribution < -0.4 is 11.1 Å². The molecule has 0 aliphatic heterocycles. The Balaban J connectivity index is 0. The van der Waals surface area contributed by atoms with Crippen LogP contribution in [0, 0.1) is 0 Å². The number of carbonyl (C=O) groups is 1. The van der Waals surface area contributed by atoms with Crippen LogP contribution >= 0.6 is 0 Å². The lowest BCUT2D eigenvalue weighted by Crippen LogP contribution is -2.09. The van der Waals surface area contributed by atoms with Gasteiger partial charge in [0.15, 0.2) is 0 Å². The maximum Gasteiger partial charge on any atom is 0.133 e. The first-order chi connectivity index (χ1) is 4.33. The fraction of sp³-hybridized carbons (Fsp3) is 0.833. The van der Waals surface area contributed by atoms with Gasteiger partial charge >= 0.3 is 0 Å². The normalized spacial score (nSPS) is 7.44. The highest BCUT2D eigenvalue weighted by molar-refractivity contribution is 5.51. The van der Waals surface area contributed by atoms with E-state index in [2.05, 4.69) is 24.9 Å².